The Balaban J connectivity index is 1.34. The summed E-state index contributed by atoms with van der Waals surface area (Å²) in [5, 5.41) is 0. The smallest absolute Gasteiger partial charge is 0.406 e. The van der Waals surface area contributed by atoms with Gasteiger partial charge in [0.1, 0.15) is 5.75 Å². The lowest BCUT2D eigenvalue weighted by Gasteiger charge is -2.41. The number of benzene rings is 2. The summed E-state index contributed by atoms with van der Waals surface area (Å²) < 4.78 is 40.6. The molecule has 4 heteroatoms. The van der Waals surface area contributed by atoms with Gasteiger partial charge >= 0.3 is 6.36 Å². The number of hydrogen-bond acceptors (Lipinski definition) is 1. The molecule has 0 aromatic heterocycles. The molecule has 2 aliphatic rings. The van der Waals surface area contributed by atoms with E-state index in [0.717, 1.165) is 23.3 Å². The van der Waals surface area contributed by atoms with Crippen molar-refractivity contribution in [3.63, 3.8) is 0 Å². The fourth-order valence-corrected chi connectivity index (χ4v) is 5.40. The van der Waals surface area contributed by atoms with Crippen LogP contribution in [0.3, 0.4) is 0 Å². The zero-order valence-corrected chi connectivity index (χ0v) is 18.4. The molecule has 32 heavy (non-hydrogen) atoms. The van der Waals surface area contributed by atoms with E-state index in [1.165, 1.54) is 68.4 Å². The van der Waals surface area contributed by atoms with Gasteiger partial charge in [0.15, 0.2) is 0 Å². The van der Waals surface area contributed by atoms with Crippen LogP contribution in [0.4, 0.5) is 13.2 Å². The van der Waals surface area contributed by atoms with Gasteiger partial charge in [-0.05, 0) is 111 Å². The molecular weight excluding hydrogens is 409 g/mol. The van der Waals surface area contributed by atoms with Crippen molar-refractivity contribution >= 4 is 0 Å². The van der Waals surface area contributed by atoms with Crippen molar-refractivity contribution < 1.29 is 17.9 Å². The molecule has 0 amide bonds. The standard InChI is InChI=1S/C28H29F3O/c1-2-3-22-8-13-26-19-25(15-14-24(26)18-22)23-11-6-20(7-12-23)4-5-21-9-16-27(17-10-21)32-28(29,30)31/h2-3,6-7,9-12,16-17,22,24-26H,8,13-15,18-19H2,1H3/b3-2+. The highest BCUT2D eigenvalue weighted by molar-refractivity contribution is 5.45. The summed E-state index contributed by atoms with van der Waals surface area (Å²) in [5.41, 5.74) is 2.96. The van der Waals surface area contributed by atoms with E-state index in [1.54, 1.807) is 0 Å². The van der Waals surface area contributed by atoms with Crippen molar-refractivity contribution in [3.8, 4) is 17.6 Å². The Kier molecular flexibility index (Phi) is 6.94. The monoisotopic (exact) mass is 438 g/mol. The SMILES string of the molecule is C/C=C/C1CCC2CC(c3ccc(C#Cc4ccc(OC(F)(F)F)cc4)cc3)CCC2C1. The van der Waals surface area contributed by atoms with Crippen LogP contribution in [0.25, 0.3) is 0 Å². The van der Waals surface area contributed by atoms with Crippen LogP contribution in [0.2, 0.25) is 0 Å². The molecule has 2 aromatic rings. The Hall–Kier alpha value is -2.67. The van der Waals surface area contributed by atoms with Crippen molar-refractivity contribution in [2.75, 3.05) is 0 Å². The van der Waals surface area contributed by atoms with Gasteiger partial charge in [-0.2, -0.15) is 0 Å². The third-order valence-electron chi connectivity index (χ3n) is 6.94. The Morgan fingerprint density at radius 3 is 2.03 bits per heavy atom. The average molecular weight is 439 g/mol. The van der Waals surface area contributed by atoms with Gasteiger partial charge in [0, 0.05) is 11.1 Å². The number of hydrogen-bond donors (Lipinski definition) is 0. The van der Waals surface area contributed by atoms with Crippen molar-refractivity contribution in [2.24, 2.45) is 17.8 Å². The fraction of sp³-hybridized carbons (Fsp3) is 0.429. The van der Waals surface area contributed by atoms with Gasteiger partial charge in [-0.25, -0.2) is 0 Å². The number of halogens is 3. The van der Waals surface area contributed by atoms with Gasteiger partial charge in [-0.3, -0.25) is 0 Å². The van der Waals surface area contributed by atoms with Gasteiger partial charge < -0.3 is 4.74 Å². The maximum Gasteiger partial charge on any atom is 0.573 e. The lowest BCUT2D eigenvalue weighted by Crippen LogP contribution is -2.30. The highest BCUT2D eigenvalue weighted by Crippen LogP contribution is 2.47. The fourth-order valence-electron chi connectivity index (χ4n) is 5.40. The number of ether oxygens (including phenoxy) is 1. The van der Waals surface area contributed by atoms with E-state index >= 15 is 0 Å². The number of allylic oxidation sites excluding steroid dienone is 2. The van der Waals surface area contributed by atoms with E-state index in [-0.39, 0.29) is 5.75 Å². The van der Waals surface area contributed by atoms with Crippen LogP contribution in [0.5, 0.6) is 5.75 Å². The molecule has 2 aliphatic carbocycles. The minimum atomic E-state index is -4.68. The lowest BCUT2D eigenvalue weighted by molar-refractivity contribution is -0.274. The quantitative estimate of drug-likeness (QED) is 0.350. The minimum absolute atomic E-state index is 0.238. The van der Waals surface area contributed by atoms with Crippen LogP contribution >= 0.6 is 0 Å². The molecule has 0 saturated heterocycles. The molecule has 0 N–H and O–H groups in total. The summed E-state index contributed by atoms with van der Waals surface area (Å²) in [6.45, 7) is 2.13. The molecule has 168 valence electrons. The molecule has 0 heterocycles. The van der Waals surface area contributed by atoms with E-state index in [0.29, 0.717) is 11.5 Å². The number of rotatable bonds is 3. The maximum atomic E-state index is 12.3. The Morgan fingerprint density at radius 2 is 1.41 bits per heavy atom. The Bertz CT molecular complexity index is 977. The summed E-state index contributed by atoms with van der Waals surface area (Å²) in [7, 11) is 0. The molecular formula is C28H29F3O. The van der Waals surface area contributed by atoms with Crippen LogP contribution < -0.4 is 4.74 Å². The minimum Gasteiger partial charge on any atom is -0.406 e. The van der Waals surface area contributed by atoms with E-state index in [4.69, 9.17) is 0 Å². The molecule has 2 fully saturated rings. The first-order chi connectivity index (χ1) is 15.4. The van der Waals surface area contributed by atoms with Gasteiger partial charge in [0.05, 0.1) is 0 Å². The van der Waals surface area contributed by atoms with Crippen molar-refractivity contribution in [1.29, 1.82) is 0 Å². The predicted octanol–water partition coefficient (Wildman–Crippen LogP) is 7.86. The van der Waals surface area contributed by atoms with Gasteiger partial charge in [0.25, 0.3) is 0 Å². The molecule has 4 rings (SSSR count). The van der Waals surface area contributed by atoms with E-state index in [1.807, 2.05) is 0 Å². The third-order valence-corrected chi connectivity index (χ3v) is 6.94. The van der Waals surface area contributed by atoms with Crippen LogP contribution in [-0.4, -0.2) is 6.36 Å². The zero-order chi connectivity index (χ0) is 22.6. The summed E-state index contributed by atoms with van der Waals surface area (Å²) in [5.74, 6) is 9.04. The second kappa shape index (κ2) is 9.86. The molecule has 2 aromatic carbocycles. The molecule has 4 atom stereocenters. The summed E-state index contributed by atoms with van der Waals surface area (Å²) in [6.07, 6.45) is 7.86. The lowest BCUT2D eigenvalue weighted by atomic mass is 9.64. The number of alkyl halides is 3. The van der Waals surface area contributed by atoms with E-state index in [9.17, 15) is 13.2 Å². The topological polar surface area (TPSA) is 9.23 Å². The Labute approximate surface area is 188 Å². The highest BCUT2D eigenvalue weighted by atomic mass is 19.4. The van der Waals surface area contributed by atoms with Gasteiger partial charge in [-0.15, -0.1) is 13.2 Å². The summed E-state index contributed by atoms with van der Waals surface area (Å²) in [6, 6.07) is 14.1. The summed E-state index contributed by atoms with van der Waals surface area (Å²) >= 11 is 0. The Morgan fingerprint density at radius 1 is 0.812 bits per heavy atom. The first kappa shape index (κ1) is 22.5. The molecule has 1 nitrogen and oxygen atoms in total. The van der Waals surface area contributed by atoms with Crippen LogP contribution in [-0.2, 0) is 0 Å². The van der Waals surface area contributed by atoms with Gasteiger partial charge in [-0.1, -0.05) is 36.1 Å². The average Bonchev–Trinajstić information content (AvgIpc) is 2.78. The van der Waals surface area contributed by atoms with E-state index < -0.39 is 6.36 Å². The molecule has 2 saturated carbocycles. The molecule has 0 radical (unpaired) electrons. The molecule has 0 aliphatic heterocycles. The highest BCUT2D eigenvalue weighted by Gasteiger charge is 2.35. The predicted molar refractivity (Wildman–Crippen MR) is 121 cm³/mol. The van der Waals surface area contributed by atoms with Crippen molar-refractivity contribution in [2.45, 2.75) is 57.7 Å². The van der Waals surface area contributed by atoms with Gasteiger partial charge in [0.2, 0.25) is 0 Å². The van der Waals surface area contributed by atoms with Crippen LogP contribution in [0.1, 0.15) is 68.1 Å². The maximum absolute atomic E-state index is 12.3. The largest absolute Gasteiger partial charge is 0.573 e. The van der Waals surface area contributed by atoms with Crippen LogP contribution in [0, 0.1) is 29.6 Å². The normalized spacial score (nSPS) is 25.6. The molecule has 0 spiro atoms. The second-order valence-corrected chi connectivity index (χ2v) is 9.07. The van der Waals surface area contributed by atoms with Crippen LogP contribution in [0.15, 0.2) is 60.7 Å². The summed E-state index contributed by atoms with van der Waals surface area (Å²) in [4.78, 5) is 0. The first-order valence-corrected chi connectivity index (χ1v) is 11.5. The van der Waals surface area contributed by atoms with Crippen molar-refractivity contribution in [1.82, 2.24) is 0 Å². The zero-order valence-electron chi connectivity index (χ0n) is 18.4. The first-order valence-electron chi connectivity index (χ1n) is 11.5. The van der Waals surface area contributed by atoms with Crippen molar-refractivity contribution in [3.05, 3.63) is 77.4 Å². The number of fused-ring (bicyclic) bond motifs is 1. The molecule has 0 bridgehead atoms. The second-order valence-electron chi connectivity index (χ2n) is 9.07. The molecule has 4 unspecified atom stereocenters. The van der Waals surface area contributed by atoms with E-state index in [2.05, 4.69) is 59.9 Å². The third kappa shape index (κ3) is 5.97.